The van der Waals surface area contributed by atoms with Crippen molar-refractivity contribution in [2.75, 3.05) is 12.3 Å². The summed E-state index contributed by atoms with van der Waals surface area (Å²) in [6.45, 7) is 4.33. The maximum absolute atomic E-state index is 12.4. The van der Waals surface area contributed by atoms with Crippen molar-refractivity contribution in [3.63, 3.8) is 0 Å². The first-order valence-electron chi connectivity index (χ1n) is 8.70. The molecule has 0 aliphatic heterocycles. The van der Waals surface area contributed by atoms with Crippen LogP contribution in [0.4, 0.5) is 0 Å². The number of nitrogens with two attached hydrogens (primary N) is 1. The van der Waals surface area contributed by atoms with Crippen molar-refractivity contribution in [2.45, 2.75) is 62.8 Å². The van der Waals surface area contributed by atoms with E-state index in [0.29, 0.717) is 11.4 Å². The molecule has 0 saturated heterocycles. The lowest BCUT2D eigenvalue weighted by molar-refractivity contribution is -0.121. The van der Waals surface area contributed by atoms with Gasteiger partial charge in [-0.15, -0.1) is 0 Å². The van der Waals surface area contributed by atoms with Crippen molar-refractivity contribution in [3.8, 4) is 0 Å². The molecule has 0 bridgehead atoms. The summed E-state index contributed by atoms with van der Waals surface area (Å²) in [4.78, 5) is 12.3. The van der Waals surface area contributed by atoms with E-state index in [2.05, 4.69) is 5.32 Å². The van der Waals surface area contributed by atoms with Crippen LogP contribution in [-0.2, 0) is 27.5 Å². The fourth-order valence-corrected chi connectivity index (χ4v) is 4.24. The predicted molar refractivity (Wildman–Crippen MR) is 95.6 cm³/mol. The molecule has 0 fully saturated rings. The highest BCUT2D eigenvalue weighted by atomic mass is 32.2. The summed E-state index contributed by atoms with van der Waals surface area (Å²) in [5.74, 6) is -0.440. The van der Waals surface area contributed by atoms with Gasteiger partial charge in [-0.2, -0.15) is 0 Å². The topological polar surface area (TPSA) is 89.3 Å². The van der Waals surface area contributed by atoms with Crippen LogP contribution in [0.1, 0.15) is 50.7 Å². The molecule has 0 atom stereocenters. The fourth-order valence-electron chi connectivity index (χ4n) is 2.95. The molecule has 1 aromatic carbocycles. The maximum atomic E-state index is 12.4. The number of rotatable bonds is 8. The number of fused-ring (bicyclic) bond motifs is 1. The smallest absolute Gasteiger partial charge is 0.221 e. The molecule has 3 N–H and O–H groups in total. The molecular weight excluding hydrogens is 324 g/mol. The summed E-state index contributed by atoms with van der Waals surface area (Å²) in [6, 6.07) is 5.34. The third-order valence-electron chi connectivity index (χ3n) is 5.07. The zero-order valence-corrected chi connectivity index (χ0v) is 15.4. The van der Waals surface area contributed by atoms with Crippen LogP contribution >= 0.6 is 0 Å². The van der Waals surface area contributed by atoms with Crippen LogP contribution in [0.2, 0.25) is 0 Å². The maximum Gasteiger partial charge on any atom is 0.221 e. The molecule has 0 radical (unpaired) electrons. The summed E-state index contributed by atoms with van der Waals surface area (Å²) < 4.78 is 24.9. The highest BCUT2D eigenvalue weighted by molar-refractivity contribution is 7.91. The Morgan fingerprint density at radius 1 is 1.21 bits per heavy atom. The van der Waals surface area contributed by atoms with Crippen molar-refractivity contribution in [1.29, 1.82) is 0 Å². The van der Waals surface area contributed by atoms with Gasteiger partial charge >= 0.3 is 0 Å². The molecule has 2 rings (SSSR count). The number of aryl methyl sites for hydroxylation is 2. The van der Waals surface area contributed by atoms with Crippen LogP contribution in [0, 0.1) is 0 Å². The number of nitrogens with one attached hydrogen (secondary N) is 1. The van der Waals surface area contributed by atoms with Gasteiger partial charge in [-0.05, 0) is 55.4 Å². The predicted octanol–water partition coefficient (Wildman–Crippen LogP) is 1.97. The number of hydrogen-bond donors (Lipinski definition) is 2. The van der Waals surface area contributed by atoms with Gasteiger partial charge in [-0.1, -0.05) is 19.9 Å². The highest BCUT2D eigenvalue weighted by Gasteiger charge is 2.23. The molecule has 0 heterocycles. The van der Waals surface area contributed by atoms with Crippen molar-refractivity contribution in [3.05, 3.63) is 29.3 Å². The van der Waals surface area contributed by atoms with Gasteiger partial charge in [0.2, 0.25) is 5.91 Å². The Labute approximate surface area is 144 Å². The minimum atomic E-state index is -3.43. The molecular formula is C18H28N2O3S. The molecule has 0 spiro atoms. The van der Waals surface area contributed by atoms with Crippen molar-refractivity contribution in [1.82, 2.24) is 5.32 Å². The van der Waals surface area contributed by atoms with E-state index in [0.717, 1.165) is 37.7 Å². The van der Waals surface area contributed by atoms with E-state index in [1.165, 1.54) is 5.56 Å². The standard InChI is InChI=1S/C18H28N2O3S/c1-3-18(19,4-2)13-20-17(21)10-11-24(22,23)16-9-8-14-6-5-7-15(14)12-16/h8-9,12H,3-7,10-11,13,19H2,1-2H3,(H,20,21). The summed E-state index contributed by atoms with van der Waals surface area (Å²) >= 11 is 0. The Bertz CT molecular complexity index is 694. The third-order valence-corrected chi connectivity index (χ3v) is 6.79. The lowest BCUT2D eigenvalue weighted by Crippen LogP contribution is -2.49. The molecule has 1 aliphatic rings. The van der Waals surface area contributed by atoms with Gasteiger partial charge < -0.3 is 11.1 Å². The SMILES string of the molecule is CCC(N)(CC)CNC(=O)CCS(=O)(=O)c1ccc2c(c1)CCC2. The van der Waals surface area contributed by atoms with Gasteiger partial charge in [0.15, 0.2) is 9.84 Å². The van der Waals surface area contributed by atoms with E-state index in [9.17, 15) is 13.2 Å². The number of hydrogen-bond acceptors (Lipinski definition) is 4. The first-order valence-corrected chi connectivity index (χ1v) is 10.3. The second-order valence-corrected chi connectivity index (χ2v) is 8.81. The number of benzene rings is 1. The summed E-state index contributed by atoms with van der Waals surface area (Å²) in [6.07, 6.45) is 4.52. The lowest BCUT2D eigenvalue weighted by atomic mass is 9.94. The summed E-state index contributed by atoms with van der Waals surface area (Å²) in [7, 11) is -3.43. The van der Waals surface area contributed by atoms with Gasteiger partial charge in [0.1, 0.15) is 0 Å². The number of carbonyl (C=O) groups excluding carboxylic acids is 1. The first-order chi connectivity index (χ1) is 11.3. The van der Waals surface area contributed by atoms with E-state index >= 15 is 0 Å². The van der Waals surface area contributed by atoms with Gasteiger partial charge in [0.05, 0.1) is 10.6 Å². The van der Waals surface area contributed by atoms with Crippen molar-refractivity contribution < 1.29 is 13.2 Å². The molecule has 134 valence electrons. The molecule has 5 nitrogen and oxygen atoms in total. The number of amides is 1. The van der Waals surface area contributed by atoms with Crippen LogP contribution in [0.5, 0.6) is 0 Å². The Balaban J connectivity index is 1.92. The quantitative estimate of drug-likeness (QED) is 0.748. The zero-order chi connectivity index (χ0) is 17.8. The normalized spacial score (nSPS) is 14.5. The Morgan fingerprint density at radius 2 is 1.88 bits per heavy atom. The van der Waals surface area contributed by atoms with Gasteiger partial charge in [-0.3, -0.25) is 4.79 Å². The van der Waals surface area contributed by atoms with Crippen LogP contribution in [-0.4, -0.2) is 32.2 Å². The van der Waals surface area contributed by atoms with Crippen LogP contribution < -0.4 is 11.1 Å². The van der Waals surface area contributed by atoms with E-state index in [-0.39, 0.29) is 18.1 Å². The van der Waals surface area contributed by atoms with Crippen LogP contribution in [0.3, 0.4) is 0 Å². The lowest BCUT2D eigenvalue weighted by Gasteiger charge is -2.26. The Kier molecular flexibility index (Phi) is 6.04. The average Bonchev–Trinajstić information content (AvgIpc) is 3.05. The van der Waals surface area contributed by atoms with E-state index in [1.807, 2.05) is 19.9 Å². The molecule has 1 amide bonds. The number of sulfone groups is 1. The molecule has 0 saturated carbocycles. The van der Waals surface area contributed by atoms with Crippen molar-refractivity contribution >= 4 is 15.7 Å². The molecule has 6 heteroatoms. The monoisotopic (exact) mass is 352 g/mol. The largest absolute Gasteiger partial charge is 0.354 e. The fraction of sp³-hybridized carbons (Fsp3) is 0.611. The second kappa shape index (κ2) is 7.66. The minimum Gasteiger partial charge on any atom is -0.354 e. The Hall–Kier alpha value is -1.40. The minimum absolute atomic E-state index is 0.0388. The molecule has 0 aromatic heterocycles. The average molecular weight is 353 g/mol. The summed E-state index contributed by atoms with van der Waals surface area (Å²) in [5.41, 5.74) is 8.08. The van der Waals surface area contributed by atoms with E-state index in [1.54, 1.807) is 12.1 Å². The van der Waals surface area contributed by atoms with E-state index in [4.69, 9.17) is 5.73 Å². The molecule has 0 unspecified atom stereocenters. The molecule has 1 aromatic rings. The van der Waals surface area contributed by atoms with Crippen LogP contribution in [0.15, 0.2) is 23.1 Å². The van der Waals surface area contributed by atoms with Crippen molar-refractivity contribution in [2.24, 2.45) is 5.73 Å². The molecule has 24 heavy (non-hydrogen) atoms. The third kappa shape index (κ3) is 4.57. The highest BCUT2D eigenvalue weighted by Crippen LogP contribution is 2.25. The first kappa shape index (κ1) is 18.9. The number of carbonyl (C=O) groups is 1. The van der Waals surface area contributed by atoms with Crippen LogP contribution in [0.25, 0.3) is 0 Å². The Morgan fingerprint density at radius 3 is 2.54 bits per heavy atom. The van der Waals surface area contributed by atoms with Gasteiger partial charge in [0.25, 0.3) is 0 Å². The van der Waals surface area contributed by atoms with E-state index < -0.39 is 15.4 Å². The van der Waals surface area contributed by atoms with Gasteiger partial charge in [0, 0.05) is 18.5 Å². The zero-order valence-electron chi connectivity index (χ0n) is 14.6. The second-order valence-electron chi connectivity index (χ2n) is 6.70. The molecule has 1 aliphatic carbocycles. The van der Waals surface area contributed by atoms with Gasteiger partial charge in [-0.25, -0.2) is 8.42 Å². The summed E-state index contributed by atoms with van der Waals surface area (Å²) in [5, 5.41) is 2.76.